The van der Waals surface area contributed by atoms with E-state index in [0.29, 0.717) is 6.42 Å². The number of nitrogens with two attached hydrogens (primary N) is 1. The fourth-order valence-electron chi connectivity index (χ4n) is 0.592. The van der Waals surface area contributed by atoms with Crippen LogP contribution in [0.25, 0.3) is 0 Å². The molecule has 1 amide bonds. The summed E-state index contributed by atoms with van der Waals surface area (Å²) in [4.78, 5) is 10.2. The largest absolute Gasteiger partial charge is 0.370 e. The van der Waals surface area contributed by atoms with E-state index in [-0.39, 0.29) is 5.91 Å². The minimum Gasteiger partial charge on any atom is -0.370 e. The number of primary amides is 1. The number of carbonyl (C=O) groups is 1. The molecule has 10 heavy (non-hydrogen) atoms. The maximum atomic E-state index is 10.2. The fourth-order valence-corrected chi connectivity index (χ4v) is 0.592. The molecule has 0 heterocycles. The van der Waals surface area contributed by atoms with Crippen LogP contribution in [0.15, 0.2) is 12.7 Å². The molecular weight excluding hydrogens is 128 g/mol. The number of amides is 1. The van der Waals surface area contributed by atoms with Gasteiger partial charge in [-0.3, -0.25) is 4.79 Å². The summed E-state index contributed by atoms with van der Waals surface area (Å²) in [7, 11) is 0. The zero-order valence-electron chi connectivity index (χ0n) is 6.10. The third-order valence-corrected chi connectivity index (χ3v) is 1.07. The Morgan fingerprint density at radius 3 is 2.90 bits per heavy atom. The van der Waals surface area contributed by atoms with E-state index >= 15 is 0 Å². The molecule has 0 unspecified atom stereocenters. The third kappa shape index (κ3) is 7.17. The van der Waals surface area contributed by atoms with Gasteiger partial charge in [0.1, 0.15) is 0 Å². The van der Waals surface area contributed by atoms with Crippen molar-refractivity contribution in [2.75, 3.05) is 13.1 Å². The number of hydrogen-bond donors (Lipinski definition) is 2. The van der Waals surface area contributed by atoms with Crippen LogP contribution in [0.1, 0.15) is 12.8 Å². The summed E-state index contributed by atoms with van der Waals surface area (Å²) in [6, 6.07) is 0. The van der Waals surface area contributed by atoms with Crippen molar-refractivity contribution in [1.82, 2.24) is 5.32 Å². The van der Waals surface area contributed by atoms with Crippen LogP contribution >= 0.6 is 0 Å². The molecule has 0 atom stereocenters. The highest BCUT2D eigenvalue weighted by molar-refractivity contribution is 5.73. The molecule has 0 aliphatic rings. The van der Waals surface area contributed by atoms with Crippen LogP contribution in [0.3, 0.4) is 0 Å². The van der Waals surface area contributed by atoms with Crippen LogP contribution in [-0.2, 0) is 4.79 Å². The quantitative estimate of drug-likeness (QED) is 0.406. The molecular formula is C7H14N2O. The molecule has 0 aliphatic carbocycles. The van der Waals surface area contributed by atoms with E-state index in [4.69, 9.17) is 5.73 Å². The second-order valence-corrected chi connectivity index (χ2v) is 2.06. The van der Waals surface area contributed by atoms with Gasteiger partial charge in [0.25, 0.3) is 0 Å². The lowest BCUT2D eigenvalue weighted by molar-refractivity contribution is -0.118. The topological polar surface area (TPSA) is 55.1 Å². The summed E-state index contributed by atoms with van der Waals surface area (Å²) in [6.45, 7) is 5.16. The van der Waals surface area contributed by atoms with E-state index in [2.05, 4.69) is 11.9 Å². The van der Waals surface area contributed by atoms with Crippen molar-refractivity contribution in [3.05, 3.63) is 12.7 Å². The molecule has 0 radical (unpaired) electrons. The van der Waals surface area contributed by atoms with Gasteiger partial charge >= 0.3 is 0 Å². The third-order valence-electron chi connectivity index (χ3n) is 1.07. The predicted molar refractivity (Wildman–Crippen MR) is 41.5 cm³/mol. The average Bonchev–Trinajstić information content (AvgIpc) is 1.87. The molecule has 0 spiro atoms. The molecule has 0 aromatic heterocycles. The van der Waals surface area contributed by atoms with E-state index in [1.54, 1.807) is 6.08 Å². The normalized spacial score (nSPS) is 9.20. The average molecular weight is 142 g/mol. The number of hydrogen-bond acceptors (Lipinski definition) is 2. The van der Waals surface area contributed by atoms with E-state index in [9.17, 15) is 4.79 Å². The summed E-state index contributed by atoms with van der Waals surface area (Å²) < 4.78 is 0. The molecule has 0 saturated carbocycles. The number of nitrogens with one attached hydrogen (secondary N) is 1. The molecule has 0 fully saturated rings. The maximum Gasteiger partial charge on any atom is 0.217 e. The molecule has 0 bridgehead atoms. The Kier molecular flexibility index (Phi) is 5.77. The highest BCUT2D eigenvalue weighted by atomic mass is 16.1. The van der Waals surface area contributed by atoms with Crippen molar-refractivity contribution in [2.24, 2.45) is 5.73 Å². The van der Waals surface area contributed by atoms with Crippen LogP contribution in [0, 0.1) is 0 Å². The molecule has 3 nitrogen and oxygen atoms in total. The maximum absolute atomic E-state index is 10.2. The van der Waals surface area contributed by atoms with Gasteiger partial charge in [-0.2, -0.15) is 0 Å². The zero-order valence-corrected chi connectivity index (χ0v) is 6.10. The molecule has 0 aromatic rings. The second-order valence-electron chi connectivity index (χ2n) is 2.06. The van der Waals surface area contributed by atoms with Crippen molar-refractivity contribution < 1.29 is 4.79 Å². The van der Waals surface area contributed by atoms with E-state index in [1.165, 1.54) is 0 Å². The lowest BCUT2D eigenvalue weighted by Gasteiger charge is -1.97. The van der Waals surface area contributed by atoms with Gasteiger partial charge in [-0.25, -0.2) is 0 Å². The smallest absolute Gasteiger partial charge is 0.217 e. The van der Waals surface area contributed by atoms with Gasteiger partial charge in [0.05, 0.1) is 0 Å². The lowest BCUT2D eigenvalue weighted by atomic mass is 10.3. The Morgan fingerprint density at radius 1 is 1.70 bits per heavy atom. The Bertz CT molecular complexity index is 112. The first kappa shape index (κ1) is 9.17. The molecule has 0 aromatic carbocycles. The Labute approximate surface area is 61.3 Å². The molecule has 3 heteroatoms. The highest BCUT2D eigenvalue weighted by Crippen LogP contribution is 1.83. The van der Waals surface area contributed by atoms with Gasteiger partial charge < -0.3 is 11.1 Å². The van der Waals surface area contributed by atoms with Crippen molar-refractivity contribution in [1.29, 1.82) is 0 Å². The molecule has 0 aliphatic heterocycles. The van der Waals surface area contributed by atoms with Crippen LogP contribution < -0.4 is 11.1 Å². The van der Waals surface area contributed by atoms with Gasteiger partial charge in [0.2, 0.25) is 5.91 Å². The van der Waals surface area contributed by atoms with Crippen molar-refractivity contribution in [2.45, 2.75) is 12.8 Å². The Balaban J connectivity index is 2.90. The monoisotopic (exact) mass is 142 g/mol. The first-order chi connectivity index (χ1) is 4.77. The lowest BCUT2D eigenvalue weighted by Crippen LogP contribution is -2.18. The Hall–Kier alpha value is -0.830. The minimum atomic E-state index is -0.236. The van der Waals surface area contributed by atoms with Gasteiger partial charge in [-0.05, 0) is 13.0 Å². The molecule has 3 N–H and O–H groups in total. The van der Waals surface area contributed by atoms with E-state index in [0.717, 1.165) is 19.5 Å². The predicted octanol–water partition coefficient (Wildman–Crippen LogP) is 0.0275. The SMILES string of the molecule is C=CCNCCCC(N)=O. The standard InChI is InChI=1S/C7H14N2O/c1-2-5-9-6-3-4-7(8)10/h2,9H,1,3-6H2,(H2,8,10). The van der Waals surface area contributed by atoms with Crippen molar-refractivity contribution in [3.8, 4) is 0 Å². The van der Waals surface area contributed by atoms with Gasteiger partial charge in [-0.1, -0.05) is 6.08 Å². The van der Waals surface area contributed by atoms with Crippen LogP contribution in [-0.4, -0.2) is 19.0 Å². The second kappa shape index (κ2) is 6.29. The van der Waals surface area contributed by atoms with Gasteiger partial charge in [0.15, 0.2) is 0 Å². The highest BCUT2D eigenvalue weighted by Gasteiger charge is 1.91. The number of carbonyl (C=O) groups excluding carboxylic acids is 1. The summed E-state index contributed by atoms with van der Waals surface area (Å²) in [5.41, 5.74) is 4.92. The minimum absolute atomic E-state index is 0.236. The van der Waals surface area contributed by atoms with Crippen molar-refractivity contribution >= 4 is 5.91 Å². The zero-order chi connectivity index (χ0) is 7.82. The van der Waals surface area contributed by atoms with Crippen LogP contribution in [0.4, 0.5) is 0 Å². The van der Waals surface area contributed by atoms with E-state index < -0.39 is 0 Å². The first-order valence-corrected chi connectivity index (χ1v) is 3.37. The summed E-state index contributed by atoms with van der Waals surface area (Å²) >= 11 is 0. The molecule has 0 saturated heterocycles. The summed E-state index contributed by atoms with van der Waals surface area (Å²) in [5.74, 6) is -0.236. The number of rotatable bonds is 6. The molecule has 58 valence electrons. The van der Waals surface area contributed by atoms with Crippen molar-refractivity contribution in [3.63, 3.8) is 0 Å². The molecule has 0 rings (SSSR count). The fraction of sp³-hybridized carbons (Fsp3) is 0.571. The van der Waals surface area contributed by atoms with Gasteiger partial charge in [-0.15, -0.1) is 6.58 Å². The van der Waals surface area contributed by atoms with E-state index in [1.807, 2.05) is 0 Å². The first-order valence-electron chi connectivity index (χ1n) is 3.37. The summed E-state index contributed by atoms with van der Waals surface area (Å²) in [5, 5.41) is 3.06. The Morgan fingerprint density at radius 2 is 2.40 bits per heavy atom. The van der Waals surface area contributed by atoms with Gasteiger partial charge in [0, 0.05) is 13.0 Å². The van der Waals surface area contributed by atoms with Crippen LogP contribution in [0.5, 0.6) is 0 Å². The summed E-state index contributed by atoms with van der Waals surface area (Å²) in [6.07, 6.45) is 3.05. The van der Waals surface area contributed by atoms with Crippen LogP contribution in [0.2, 0.25) is 0 Å².